The van der Waals surface area contributed by atoms with Crippen LogP contribution >= 0.6 is 0 Å². The van der Waals surface area contributed by atoms with Gasteiger partial charge >= 0.3 is 0 Å². The third-order valence-electron chi connectivity index (χ3n) is 9.36. The molecule has 0 fully saturated rings. The van der Waals surface area contributed by atoms with Crippen molar-refractivity contribution in [3.8, 4) is 0 Å². The molecule has 3 unspecified atom stereocenters. The molecule has 0 aliphatic heterocycles. The number of amides is 1. The number of hydrogen-bond acceptors (Lipinski definition) is 5. The van der Waals surface area contributed by atoms with Crippen LogP contribution in [0.4, 0.5) is 0 Å². The van der Waals surface area contributed by atoms with Gasteiger partial charge in [0.05, 0.1) is 17.9 Å². The lowest BCUT2D eigenvalue weighted by Crippen LogP contribution is -2.50. The van der Waals surface area contributed by atoms with Crippen molar-refractivity contribution in [2.24, 2.45) is 0 Å². The maximum atomic E-state index is 12.6. The lowest BCUT2D eigenvalue weighted by atomic mass is 10.0. The standard InChI is InChI=1S/C43H79NO6S/c1-3-5-7-9-11-13-15-17-19-21-22-24-26-28-30-32-34-36-38-42(46)43(47)44-40(39-51(48,49)50)41(45)37-35-33-31-29-27-25-23-20-18-16-14-12-10-8-6-4-2/h11,13,15,17,27,29,35,37,40-42,45-46H,3-10,12,14,16,18-26,28,30-34,36,38-39H2,1-2H3,(H,44,47)(H,48,49,50)/b13-11-,17-15-,29-27+,37-35+. The maximum absolute atomic E-state index is 12.6. The van der Waals surface area contributed by atoms with Crippen LogP contribution < -0.4 is 5.32 Å². The molecule has 3 atom stereocenters. The first-order valence-corrected chi connectivity index (χ1v) is 22.6. The number of carbonyl (C=O) groups excluding carboxylic acids is 1. The van der Waals surface area contributed by atoms with Crippen molar-refractivity contribution in [1.29, 1.82) is 0 Å². The van der Waals surface area contributed by atoms with Gasteiger partial charge in [-0.2, -0.15) is 8.42 Å². The lowest BCUT2D eigenvalue weighted by Gasteiger charge is -2.22. The molecule has 4 N–H and O–H groups in total. The van der Waals surface area contributed by atoms with E-state index in [0.29, 0.717) is 12.8 Å². The normalized spacial score (nSPS) is 14.4. The second-order valence-corrected chi connectivity index (χ2v) is 15.9. The van der Waals surface area contributed by atoms with Crippen molar-refractivity contribution in [1.82, 2.24) is 5.32 Å². The highest BCUT2D eigenvalue weighted by atomic mass is 32.2. The highest BCUT2D eigenvalue weighted by Gasteiger charge is 2.27. The van der Waals surface area contributed by atoms with Crippen LogP contribution in [0.5, 0.6) is 0 Å². The molecule has 0 saturated carbocycles. The summed E-state index contributed by atoms with van der Waals surface area (Å²) in [6, 6.07) is -1.25. The van der Waals surface area contributed by atoms with Gasteiger partial charge in [0, 0.05) is 0 Å². The van der Waals surface area contributed by atoms with E-state index in [-0.39, 0.29) is 6.42 Å². The Hall–Kier alpha value is -1.74. The Morgan fingerprint density at radius 1 is 0.549 bits per heavy atom. The monoisotopic (exact) mass is 738 g/mol. The SMILES string of the molecule is CCCCC/C=C\C=C/CCCCCCCCCCCC(O)C(=O)NC(CS(=O)(=O)O)C(O)/C=C/CC/C=C/CCCCCCCCCCCC. The zero-order chi connectivity index (χ0) is 37.7. The van der Waals surface area contributed by atoms with E-state index in [9.17, 15) is 28.0 Å². The summed E-state index contributed by atoms with van der Waals surface area (Å²) in [4.78, 5) is 12.6. The molecule has 0 saturated heterocycles. The molecule has 298 valence electrons. The van der Waals surface area contributed by atoms with Gasteiger partial charge in [-0.1, -0.05) is 184 Å². The van der Waals surface area contributed by atoms with Crippen molar-refractivity contribution in [2.45, 2.75) is 212 Å². The van der Waals surface area contributed by atoms with Gasteiger partial charge in [0.25, 0.3) is 10.1 Å². The van der Waals surface area contributed by atoms with Crippen LogP contribution in [0.2, 0.25) is 0 Å². The molecular formula is C43H79NO6S. The maximum Gasteiger partial charge on any atom is 0.267 e. The summed E-state index contributed by atoms with van der Waals surface area (Å²) in [5.41, 5.74) is 0. The first-order chi connectivity index (χ1) is 24.7. The average Bonchev–Trinajstić information content (AvgIpc) is 3.09. The Morgan fingerprint density at radius 3 is 1.45 bits per heavy atom. The summed E-state index contributed by atoms with van der Waals surface area (Å²) >= 11 is 0. The van der Waals surface area contributed by atoms with Crippen LogP contribution in [0, 0.1) is 0 Å². The average molecular weight is 738 g/mol. The lowest BCUT2D eigenvalue weighted by molar-refractivity contribution is -0.130. The molecule has 8 heteroatoms. The Balaban J connectivity index is 4.08. The van der Waals surface area contributed by atoms with E-state index in [1.807, 2.05) is 0 Å². The van der Waals surface area contributed by atoms with Gasteiger partial charge in [-0.25, -0.2) is 0 Å². The number of aliphatic hydroxyl groups excluding tert-OH is 2. The summed E-state index contributed by atoms with van der Waals surface area (Å²) in [6.07, 6.45) is 45.9. The molecule has 0 bridgehead atoms. The Bertz CT molecular complexity index is 1010. The minimum Gasteiger partial charge on any atom is -0.387 e. The Morgan fingerprint density at radius 2 is 0.941 bits per heavy atom. The third kappa shape index (κ3) is 36.4. The number of aliphatic hydroxyl groups is 2. The molecule has 7 nitrogen and oxygen atoms in total. The van der Waals surface area contributed by atoms with Crippen LogP contribution in [0.3, 0.4) is 0 Å². The quantitative estimate of drug-likeness (QED) is 0.0218. The van der Waals surface area contributed by atoms with Gasteiger partial charge < -0.3 is 15.5 Å². The molecule has 0 aromatic heterocycles. The number of carbonyl (C=O) groups is 1. The number of unbranched alkanes of at least 4 members (excludes halogenated alkanes) is 23. The summed E-state index contributed by atoms with van der Waals surface area (Å²) < 4.78 is 32.5. The molecule has 1 amide bonds. The predicted molar refractivity (Wildman–Crippen MR) is 218 cm³/mol. The molecule has 0 heterocycles. The summed E-state index contributed by atoms with van der Waals surface area (Å²) in [7, 11) is -4.45. The molecular weight excluding hydrogens is 659 g/mol. The number of allylic oxidation sites excluding steroid dienone is 7. The van der Waals surface area contributed by atoms with Gasteiger partial charge in [0.1, 0.15) is 6.10 Å². The second kappa shape index (κ2) is 36.6. The van der Waals surface area contributed by atoms with E-state index >= 15 is 0 Å². The fraction of sp³-hybridized carbons (Fsp3) is 0.791. The first-order valence-electron chi connectivity index (χ1n) is 21.0. The molecule has 0 spiro atoms. The second-order valence-electron chi connectivity index (χ2n) is 14.4. The van der Waals surface area contributed by atoms with E-state index < -0.39 is 40.0 Å². The van der Waals surface area contributed by atoms with E-state index in [4.69, 9.17) is 0 Å². The highest BCUT2D eigenvalue weighted by Crippen LogP contribution is 2.14. The largest absolute Gasteiger partial charge is 0.387 e. The Kier molecular flexibility index (Phi) is 35.4. The molecule has 0 aliphatic rings. The molecule has 0 rings (SSSR count). The van der Waals surface area contributed by atoms with Crippen molar-refractivity contribution in [3.05, 3.63) is 48.6 Å². The van der Waals surface area contributed by atoms with Gasteiger partial charge in [-0.05, 0) is 57.8 Å². The zero-order valence-corrected chi connectivity index (χ0v) is 33.6. The Labute approximate surface area is 314 Å². The van der Waals surface area contributed by atoms with Gasteiger partial charge in [-0.3, -0.25) is 9.35 Å². The van der Waals surface area contributed by atoms with Crippen molar-refractivity contribution >= 4 is 16.0 Å². The number of nitrogens with one attached hydrogen (secondary N) is 1. The summed E-state index contributed by atoms with van der Waals surface area (Å²) in [5.74, 6) is -1.56. The number of rotatable bonds is 37. The van der Waals surface area contributed by atoms with Gasteiger partial charge in [-0.15, -0.1) is 0 Å². The van der Waals surface area contributed by atoms with Crippen LogP contribution in [0.1, 0.15) is 194 Å². The smallest absolute Gasteiger partial charge is 0.267 e. The third-order valence-corrected chi connectivity index (χ3v) is 10.1. The van der Waals surface area contributed by atoms with Crippen LogP contribution in [0.15, 0.2) is 48.6 Å². The fourth-order valence-corrected chi connectivity index (χ4v) is 6.84. The van der Waals surface area contributed by atoms with Crippen LogP contribution in [0.25, 0.3) is 0 Å². The van der Waals surface area contributed by atoms with E-state index in [2.05, 4.69) is 55.6 Å². The molecule has 0 radical (unpaired) electrons. The van der Waals surface area contributed by atoms with Crippen LogP contribution in [-0.2, 0) is 14.9 Å². The van der Waals surface area contributed by atoms with Crippen molar-refractivity contribution in [3.63, 3.8) is 0 Å². The number of hydrogen-bond donors (Lipinski definition) is 4. The first kappa shape index (κ1) is 49.3. The molecule has 51 heavy (non-hydrogen) atoms. The summed E-state index contributed by atoms with van der Waals surface area (Å²) in [6.45, 7) is 4.48. The van der Waals surface area contributed by atoms with Crippen LogP contribution in [-0.4, -0.2) is 53.1 Å². The fourth-order valence-electron chi connectivity index (χ4n) is 6.11. The van der Waals surface area contributed by atoms with Crippen molar-refractivity contribution < 1.29 is 28.0 Å². The minimum atomic E-state index is -4.45. The molecule has 0 aromatic carbocycles. The molecule has 0 aliphatic carbocycles. The van der Waals surface area contributed by atoms with Gasteiger partial charge in [0.15, 0.2) is 0 Å². The predicted octanol–water partition coefficient (Wildman–Crippen LogP) is 11.3. The van der Waals surface area contributed by atoms with E-state index in [0.717, 1.165) is 38.5 Å². The zero-order valence-electron chi connectivity index (χ0n) is 32.8. The minimum absolute atomic E-state index is 0.267. The van der Waals surface area contributed by atoms with Gasteiger partial charge in [0.2, 0.25) is 5.91 Å². The van der Waals surface area contributed by atoms with E-state index in [1.165, 1.54) is 128 Å². The van der Waals surface area contributed by atoms with E-state index in [1.54, 1.807) is 6.08 Å². The van der Waals surface area contributed by atoms with Crippen molar-refractivity contribution in [2.75, 3.05) is 5.75 Å². The highest BCUT2D eigenvalue weighted by molar-refractivity contribution is 7.85. The molecule has 0 aromatic rings. The topological polar surface area (TPSA) is 124 Å². The summed E-state index contributed by atoms with van der Waals surface area (Å²) in [5, 5.41) is 23.4.